The monoisotopic (exact) mass is 168 g/mol. The summed E-state index contributed by atoms with van der Waals surface area (Å²) in [6, 6.07) is 0. The molecule has 0 aromatic carbocycles. The molecule has 0 aliphatic rings. The summed E-state index contributed by atoms with van der Waals surface area (Å²) in [5.41, 5.74) is 0. The maximum atomic E-state index is 9.85. The van der Waals surface area contributed by atoms with Gasteiger partial charge in [-0.25, -0.2) is 0 Å². The minimum atomic E-state index is -0.716. The molecule has 0 saturated heterocycles. The Morgan fingerprint density at radius 1 is 1.67 bits per heavy atom. The molecule has 9 heavy (non-hydrogen) atoms. The summed E-state index contributed by atoms with van der Waals surface area (Å²) in [5, 5.41) is 8.12. The maximum Gasteiger partial charge on any atom is 0.304 e. The van der Waals surface area contributed by atoms with Crippen LogP contribution in [0.1, 0.15) is 13.8 Å². The van der Waals surface area contributed by atoms with Crippen LogP contribution < -0.4 is 0 Å². The first-order chi connectivity index (χ1) is 3.77. The van der Waals surface area contributed by atoms with Gasteiger partial charge in [0.05, 0.1) is 6.42 Å². The van der Waals surface area contributed by atoms with E-state index in [1.165, 1.54) is 0 Å². The standard InChI is InChI=1S/C4H8O2S2.CH4/c1-7-8-3-2-4(5)6;/h2-3H2,1H3,(H,5,6);1H4. The maximum absolute atomic E-state index is 9.85. The smallest absolute Gasteiger partial charge is 0.304 e. The van der Waals surface area contributed by atoms with Gasteiger partial charge in [0.2, 0.25) is 0 Å². The molecule has 0 saturated carbocycles. The first-order valence-electron chi connectivity index (χ1n) is 2.14. The molecular weight excluding hydrogens is 156 g/mol. The van der Waals surface area contributed by atoms with Gasteiger partial charge < -0.3 is 5.11 Å². The van der Waals surface area contributed by atoms with Crippen LogP contribution in [0, 0.1) is 0 Å². The van der Waals surface area contributed by atoms with E-state index in [1.54, 1.807) is 21.6 Å². The lowest BCUT2D eigenvalue weighted by Crippen LogP contribution is -1.94. The predicted octanol–water partition coefficient (Wildman–Crippen LogP) is 2.11. The van der Waals surface area contributed by atoms with E-state index in [4.69, 9.17) is 5.11 Å². The van der Waals surface area contributed by atoms with Crippen molar-refractivity contribution in [1.82, 2.24) is 0 Å². The van der Waals surface area contributed by atoms with Crippen molar-refractivity contribution in [1.29, 1.82) is 0 Å². The van der Waals surface area contributed by atoms with Gasteiger partial charge in [0.1, 0.15) is 0 Å². The Kier molecular flexibility index (Phi) is 10.8. The molecule has 0 spiro atoms. The van der Waals surface area contributed by atoms with Crippen LogP contribution in [-0.2, 0) is 4.79 Å². The van der Waals surface area contributed by atoms with Crippen LogP contribution in [0.3, 0.4) is 0 Å². The fourth-order valence-corrected chi connectivity index (χ4v) is 1.39. The summed E-state index contributed by atoms with van der Waals surface area (Å²) in [5.74, 6) is -0.0113. The summed E-state index contributed by atoms with van der Waals surface area (Å²) in [6.45, 7) is 0. The molecule has 0 fully saturated rings. The van der Waals surface area contributed by atoms with E-state index < -0.39 is 5.97 Å². The van der Waals surface area contributed by atoms with Crippen molar-refractivity contribution in [3.63, 3.8) is 0 Å². The van der Waals surface area contributed by atoms with Crippen molar-refractivity contribution in [3.05, 3.63) is 0 Å². The van der Waals surface area contributed by atoms with Crippen LogP contribution in [0.2, 0.25) is 0 Å². The van der Waals surface area contributed by atoms with Crippen molar-refractivity contribution < 1.29 is 9.90 Å². The fourth-order valence-electron chi connectivity index (χ4n) is 0.212. The van der Waals surface area contributed by atoms with E-state index in [0.717, 1.165) is 0 Å². The Morgan fingerprint density at radius 2 is 2.22 bits per heavy atom. The van der Waals surface area contributed by atoms with Crippen LogP contribution in [0.15, 0.2) is 0 Å². The van der Waals surface area contributed by atoms with E-state index >= 15 is 0 Å². The first-order valence-corrected chi connectivity index (χ1v) is 4.87. The molecule has 1 N–H and O–H groups in total. The average Bonchev–Trinajstić information content (AvgIpc) is 1.66. The van der Waals surface area contributed by atoms with Gasteiger partial charge in [0.15, 0.2) is 0 Å². The Labute approximate surface area is 63.8 Å². The summed E-state index contributed by atoms with van der Waals surface area (Å²) >= 11 is 0. The van der Waals surface area contributed by atoms with Crippen LogP contribution in [-0.4, -0.2) is 23.1 Å². The van der Waals surface area contributed by atoms with Gasteiger partial charge in [-0.3, -0.25) is 4.79 Å². The third kappa shape index (κ3) is 11.6. The van der Waals surface area contributed by atoms with E-state index in [-0.39, 0.29) is 13.8 Å². The minimum Gasteiger partial charge on any atom is -0.481 e. The molecular formula is C5H12O2S2. The van der Waals surface area contributed by atoms with Crippen molar-refractivity contribution in [2.75, 3.05) is 12.0 Å². The van der Waals surface area contributed by atoms with Gasteiger partial charge in [0, 0.05) is 5.75 Å². The van der Waals surface area contributed by atoms with Gasteiger partial charge in [-0.1, -0.05) is 29.0 Å². The SMILES string of the molecule is C.CSSCCC(=O)O. The second-order valence-corrected chi connectivity index (χ2v) is 3.82. The van der Waals surface area contributed by atoms with Crippen molar-refractivity contribution in [3.8, 4) is 0 Å². The first kappa shape index (κ1) is 11.9. The molecule has 0 radical (unpaired) electrons. The second kappa shape index (κ2) is 8.17. The quantitative estimate of drug-likeness (QED) is 0.515. The Balaban J connectivity index is 0. The summed E-state index contributed by atoms with van der Waals surface area (Å²) in [4.78, 5) is 9.85. The summed E-state index contributed by atoms with van der Waals surface area (Å²) < 4.78 is 0. The highest BCUT2D eigenvalue weighted by Crippen LogP contribution is 2.16. The topological polar surface area (TPSA) is 37.3 Å². The van der Waals surface area contributed by atoms with Crippen LogP contribution in [0.5, 0.6) is 0 Å². The number of carboxylic acid groups (broad SMARTS) is 1. The molecule has 0 amide bonds. The average molecular weight is 168 g/mol. The normalized spacial score (nSPS) is 8.11. The zero-order valence-electron chi connectivity index (χ0n) is 4.59. The lowest BCUT2D eigenvalue weighted by Gasteiger charge is -1.89. The van der Waals surface area contributed by atoms with Crippen LogP contribution in [0.25, 0.3) is 0 Å². The number of hydrogen-bond donors (Lipinski definition) is 1. The Bertz CT molecular complexity index is 75.4. The van der Waals surface area contributed by atoms with E-state index in [0.29, 0.717) is 5.75 Å². The molecule has 56 valence electrons. The van der Waals surface area contributed by atoms with Crippen molar-refractivity contribution in [2.45, 2.75) is 13.8 Å². The molecule has 2 nitrogen and oxygen atoms in total. The molecule has 4 heteroatoms. The molecule has 0 aromatic heterocycles. The number of carboxylic acids is 1. The summed E-state index contributed by atoms with van der Waals surface area (Å²) in [7, 11) is 3.17. The molecule has 0 unspecified atom stereocenters. The predicted molar refractivity (Wildman–Crippen MR) is 45.0 cm³/mol. The molecule has 0 bridgehead atoms. The third-order valence-electron chi connectivity index (χ3n) is 0.517. The van der Waals surface area contributed by atoms with Crippen molar-refractivity contribution >= 4 is 27.6 Å². The van der Waals surface area contributed by atoms with E-state index in [1.807, 2.05) is 6.26 Å². The number of rotatable bonds is 4. The lowest BCUT2D eigenvalue weighted by molar-refractivity contribution is -0.136. The van der Waals surface area contributed by atoms with Crippen LogP contribution >= 0.6 is 21.6 Å². The van der Waals surface area contributed by atoms with E-state index in [9.17, 15) is 4.79 Å². The second-order valence-electron chi connectivity index (χ2n) is 1.13. The third-order valence-corrected chi connectivity index (χ3v) is 2.33. The highest BCUT2D eigenvalue weighted by Gasteiger charge is 1.93. The molecule has 0 rings (SSSR count). The van der Waals surface area contributed by atoms with Crippen LogP contribution in [0.4, 0.5) is 0 Å². The van der Waals surface area contributed by atoms with Gasteiger partial charge >= 0.3 is 5.97 Å². The Hall–Kier alpha value is 0.170. The lowest BCUT2D eigenvalue weighted by atomic mass is 10.5. The number of hydrogen-bond acceptors (Lipinski definition) is 3. The number of carbonyl (C=O) groups is 1. The minimum absolute atomic E-state index is 0. The molecule has 0 heterocycles. The van der Waals surface area contributed by atoms with Crippen molar-refractivity contribution in [2.24, 2.45) is 0 Å². The van der Waals surface area contributed by atoms with Gasteiger partial charge in [0.25, 0.3) is 0 Å². The van der Waals surface area contributed by atoms with Gasteiger partial charge in [-0.15, -0.1) is 0 Å². The molecule has 0 aromatic rings. The van der Waals surface area contributed by atoms with Gasteiger partial charge in [-0.2, -0.15) is 0 Å². The molecule has 0 aliphatic carbocycles. The van der Waals surface area contributed by atoms with E-state index in [2.05, 4.69) is 0 Å². The number of aliphatic carboxylic acids is 1. The largest absolute Gasteiger partial charge is 0.481 e. The molecule has 0 aliphatic heterocycles. The zero-order chi connectivity index (χ0) is 6.41. The summed E-state index contributed by atoms with van der Waals surface area (Å²) in [6.07, 6.45) is 2.21. The Morgan fingerprint density at radius 3 is 2.56 bits per heavy atom. The zero-order valence-corrected chi connectivity index (χ0v) is 6.22. The highest BCUT2D eigenvalue weighted by atomic mass is 33.1. The van der Waals surface area contributed by atoms with Gasteiger partial charge in [-0.05, 0) is 6.26 Å². The molecule has 0 atom stereocenters. The highest BCUT2D eigenvalue weighted by molar-refractivity contribution is 8.76. The fraction of sp³-hybridized carbons (Fsp3) is 0.800.